The first-order chi connectivity index (χ1) is 17.8. The van der Waals surface area contributed by atoms with E-state index in [0.29, 0.717) is 32.4 Å². The van der Waals surface area contributed by atoms with E-state index in [2.05, 4.69) is 28.6 Å². The molecule has 0 heterocycles. The van der Waals surface area contributed by atoms with Crippen molar-refractivity contribution >= 4 is 30.4 Å². The highest BCUT2D eigenvalue weighted by Crippen LogP contribution is 2.10. The van der Waals surface area contributed by atoms with Crippen LogP contribution in [0.1, 0.15) is 27.8 Å². The van der Waals surface area contributed by atoms with Crippen LogP contribution in [-0.2, 0) is 33.6 Å². The first-order valence-electron chi connectivity index (χ1n) is 12.5. The second kappa shape index (κ2) is 14.2. The second-order valence-corrected chi connectivity index (χ2v) is 9.71. The van der Waals surface area contributed by atoms with Crippen molar-refractivity contribution in [3.63, 3.8) is 0 Å². The average Bonchev–Trinajstić information content (AvgIpc) is 2.89. The SMILES string of the molecule is Cc1ccccc1CCNC(=O)C(NC(=O)[C@@H](S)Cc1ccccc1)C(=O)NCCc1ccccc1C. The van der Waals surface area contributed by atoms with Gasteiger partial charge < -0.3 is 16.0 Å². The first kappa shape index (κ1) is 28.0. The van der Waals surface area contributed by atoms with E-state index in [0.717, 1.165) is 27.8 Å². The predicted molar refractivity (Wildman–Crippen MR) is 151 cm³/mol. The molecule has 37 heavy (non-hydrogen) atoms. The van der Waals surface area contributed by atoms with Gasteiger partial charge in [-0.05, 0) is 60.9 Å². The van der Waals surface area contributed by atoms with Crippen LogP contribution < -0.4 is 16.0 Å². The summed E-state index contributed by atoms with van der Waals surface area (Å²) < 4.78 is 0. The molecule has 0 fully saturated rings. The summed E-state index contributed by atoms with van der Waals surface area (Å²) in [5, 5.41) is 7.54. The van der Waals surface area contributed by atoms with E-state index in [1.54, 1.807) is 0 Å². The van der Waals surface area contributed by atoms with E-state index in [4.69, 9.17) is 0 Å². The van der Waals surface area contributed by atoms with Gasteiger partial charge in [0.15, 0.2) is 6.04 Å². The van der Waals surface area contributed by atoms with Gasteiger partial charge in [-0.3, -0.25) is 14.4 Å². The van der Waals surface area contributed by atoms with Crippen molar-refractivity contribution in [3.05, 3.63) is 107 Å². The molecule has 0 aliphatic carbocycles. The quantitative estimate of drug-likeness (QED) is 0.220. The van der Waals surface area contributed by atoms with E-state index < -0.39 is 29.0 Å². The van der Waals surface area contributed by atoms with Crippen LogP contribution in [-0.4, -0.2) is 42.1 Å². The number of carbonyl (C=O) groups excluding carboxylic acids is 3. The Morgan fingerprint density at radius 3 is 1.62 bits per heavy atom. The van der Waals surface area contributed by atoms with E-state index in [-0.39, 0.29) is 0 Å². The third-order valence-electron chi connectivity index (χ3n) is 6.30. The van der Waals surface area contributed by atoms with Gasteiger partial charge in [0.1, 0.15) is 0 Å². The smallest absolute Gasteiger partial charge is 0.252 e. The number of hydrogen-bond acceptors (Lipinski definition) is 4. The zero-order valence-electron chi connectivity index (χ0n) is 21.4. The normalized spacial score (nSPS) is 11.6. The maximum absolute atomic E-state index is 13.1. The highest BCUT2D eigenvalue weighted by atomic mass is 32.1. The minimum atomic E-state index is -1.35. The second-order valence-electron chi connectivity index (χ2n) is 9.08. The van der Waals surface area contributed by atoms with Crippen LogP contribution in [0.15, 0.2) is 78.9 Å². The van der Waals surface area contributed by atoms with Crippen molar-refractivity contribution in [2.24, 2.45) is 0 Å². The van der Waals surface area contributed by atoms with Crippen molar-refractivity contribution < 1.29 is 14.4 Å². The van der Waals surface area contributed by atoms with Crippen LogP contribution >= 0.6 is 12.6 Å². The molecule has 0 radical (unpaired) electrons. The Bertz CT molecular complexity index is 1140. The molecule has 6 nitrogen and oxygen atoms in total. The maximum atomic E-state index is 13.1. The molecule has 0 unspecified atom stereocenters. The Morgan fingerprint density at radius 2 is 1.14 bits per heavy atom. The first-order valence-corrected chi connectivity index (χ1v) is 13.0. The Labute approximate surface area is 224 Å². The molecule has 7 heteroatoms. The number of carbonyl (C=O) groups is 3. The molecule has 3 aromatic rings. The summed E-state index contributed by atoms with van der Waals surface area (Å²) in [4.78, 5) is 39.0. The van der Waals surface area contributed by atoms with Crippen LogP contribution in [0.3, 0.4) is 0 Å². The van der Waals surface area contributed by atoms with Crippen LogP contribution in [0.2, 0.25) is 0 Å². The number of nitrogens with one attached hydrogen (secondary N) is 3. The fraction of sp³-hybridized carbons (Fsp3) is 0.300. The van der Waals surface area contributed by atoms with Crippen molar-refractivity contribution in [1.82, 2.24) is 16.0 Å². The van der Waals surface area contributed by atoms with Gasteiger partial charge in [-0.25, -0.2) is 0 Å². The van der Waals surface area contributed by atoms with E-state index >= 15 is 0 Å². The van der Waals surface area contributed by atoms with Gasteiger partial charge in [-0.15, -0.1) is 0 Å². The fourth-order valence-electron chi connectivity index (χ4n) is 4.04. The molecule has 3 aromatic carbocycles. The molecule has 3 amide bonds. The lowest BCUT2D eigenvalue weighted by Crippen LogP contribution is -2.57. The summed E-state index contributed by atoms with van der Waals surface area (Å²) in [6, 6.07) is 24.0. The minimum absolute atomic E-state index is 0.348. The van der Waals surface area contributed by atoms with Gasteiger partial charge >= 0.3 is 0 Å². The summed E-state index contributed by atoms with van der Waals surface area (Å²) in [7, 11) is 0. The van der Waals surface area contributed by atoms with Crippen molar-refractivity contribution in [2.75, 3.05) is 13.1 Å². The van der Waals surface area contributed by atoms with Crippen molar-refractivity contribution in [3.8, 4) is 0 Å². The average molecular weight is 518 g/mol. The minimum Gasteiger partial charge on any atom is -0.354 e. The van der Waals surface area contributed by atoms with Crippen LogP contribution in [0, 0.1) is 13.8 Å². The maximum Gasteiger partial charge on any atom is 0.252 e. The lowest BCUT2D eigenvalue weighted by atomic mass is 10.1. The number of aryl methyl sites for hydroxylation is 2. The molecule has 0 saturated carbocycles. The van der Waals surface area contributed by atoms with Gasteiger partial charge in [-0.2, -0.15) is 12.6 Å². The lowest BCUT2D eigenvalue weighted by molar-refractivity contribution is -0.136. The Kier molecular flexibility index (Phi) is 10.8. The molecule has 3 N–H and O–H groups in total. The molecule has 0 saturated heterocycles. The molecular formula is C30H35N3O3S. The highest BCUT2D eigenvalue weighted by molar-refractivity contribution is 7.81. The Morgan fingerprint density at radius 1 is 0.676 bits per heavy atom. The number of thiol groups is 1. The van der Waals surface area contributed by atoms with Crippen molar-refractivity contribution in [2.45, 2.75) is 44.4 Å². The molecule has 1 atom stereocenters. The lowest BCUT2D eigenvalue weighted by Gasteiger charge is -2.20. The fourth-order valence-corrected chi connectivity index (χ4v) is 4.33. The van der Waals surface area contributed by atoms with Crippen LogP contribution in [0.25, 0.3) is 0 Å². The topological polar surface area (TPSA) is 87.3 Å². The summed E-state index contributed by atoms with van der Waals surface area (Å²) in [5.74, 6) is -1.56. The third-order valence-corrected chi connectivity index (χ3v) is 6.71. The largest absolute Gasteiger partial charge is 0.354 e. The van der Waals surface area contributed by atoms with Crippen LogP contribution in [0.4, 0.5) is 0 Å². The van der Waals surface area contributed by atoms with Crippen LogP contribution in [0.5, 0.6) is 0 Å². The summed E-state index contributed by atoms with van der Waals surface area (Å²) in [6.45, 7) is 4.73. The zero-order chi connectivity index (χ0) is 26.6. The molecule has 0 bridgehead atoms. The summed E-state index contributed by atoms with van der Waals surface area (Å²) in [5.41, 5.74) is 5.44. The molecule has 0 aliphatic rings. The number of amides is 3. The standard InChI is InChI=1S/C30H35N3O3S/c1-21-10-6-8-14-24(21)16-18-31-29(35)27(30(36)32-19-17-25-15-9-7-11-22(25)2)33-28(34)26(37)20-23-12-4-3-5-13-23/h3-15,26-27,37H,16-20H2,1-2H3,(H,31,35)(H,32,36)(H,33,34)/t26-/m0/s1. The monoisotopic (exact) mass is 517 g/mol. The molecule has 3 rings (SSSR count). The van der Waals surface area contributed by atoms with Gasteiger partial charge in [0, 0.05) is 13.1 Å². The van der Waals surface area contributed by atoms with Crippen molar-refractivity contribution in [1.29, 1.82) is 0 Å². The summed E-state index contributed by atoms with van der Waals surface area (Å²) >= 11 is 4.43. The molecule has 194 valence electrons. The van der Waals surface area contributed by atoms with Gasteiger partial charge in [0.2, 0.25) is 5.91 Å². The zero-order valence-corrected chi connectivity index (χ0v) is 22.3. The highest BCUT2D eigenvalue weighted by Gasteiger charge is 2.30. The molecular weight excluding hydrogens is 482 g/mol. The van der Waals surface area contributed by atoms with E-state index in [1.165, 1.54) is 0 Å². The Balaban J connectivity index is 1.62. The number of benzene rings is 3. The van der Waals surface area contributed by atoms with Gasteiger partial charge in [0.25, 0.3) is 11.8 Å². The Hall–Kier alpha value is -3.58. The number of rotatable bonds is 12. The molecule has 0 aliphatic heterocycles. The third kappa shape index (κ3) is 8.79. The van der Waals surface area contributed by atoms with E-state index in [1.807, 2.05) is 92.7 Å². The predicted octanol–water partition coefficient (Wildman–Crippen LogP) is 3.35. The van der Waals surface area contributed by atoms with Gasteiger partial charge in [0.05, 0.1) is 5.25 Å². The van der Waals surface area contributed by atoms with Gasteiger partial charge in [-0.1, -0.05) is 78.9 Å². The van der Waals surface area contributed by atoms with E-state index in [9.17, 15) is 14.4 Å². The molecule has 0 spiro atoms. The summed E-state index contributed by atoms with van der Waals surface area (Å²) in [6.07, 6.45) is 1.63. The number of hydrogen-bond donors (Lipinski definition) is 4. The molecule has 0 aromatic heterocycles.